The van der Waals surface area contributed by atoms with Gasteiger partial charge in [0.2, 0.25) is 0 Å². The number of ether oxygens (including phenoxy) is 2. The highest BCUT2D eigenvalue weighted by Crippen LogP contribution is 2.26. The molecule has 1 rings (SSSR count). The fourth-order valence-corrected chi connectivity index (χ4v) is 1.58. The molecule has 1 amide bonds. The van der Waals surface area contributed by atoms with Crippen LogP contribution < -0.4 is 14.8 Å². The van der Waals surface area contributed by atoms with Crippen molar-refractivity contribution in [2.24, 2.45) is 0 Å². The molecule has 1 aromatic carbocycles. The molecular formula is C15H18N2O3. The zero-order valence-corrected chi connectivity index (χ0v) is 11.9. The number of hydrogen-bond acceptors (Lipinski definition) is 4. The van der Waals surface area contributed by atoms with Crippen molar-refractivity contribution in [1.29, 1.82) is 5.26 Å². The summed E-state index contributed by atoms with van der Waals surface area (Å²) in [6.07, 6.45) is 2.32. The quantitative estimate of drug-likeness (QED) is 0.637. The van der Waals surface area contributed by atoms with Crippen LogP contribution in [0.1, 0.15) is 18.9 Å². The van der Waals surface area contributed by atoms with Gasteiger partial charge in [0, 0.05) is 18.2 Å². The Morgan fingerprint density at radius 3 is 2.70 bits per heavy atom. The highest BCUT2D eigenvalue weighted by Gasteiger charge is 2.10. The number of carbonyl (C=O) groups is 1. The number of hydrogen-bond donors (Lipinski definition) is 1. The molecule has 5 nitrogen and oxygen atoms in total. The molecule has 106 valence electrons. The fraction of sp³-hybridized carbons (Fsp3) is 0.333. The summed E-state index contributed by atoms with van der Waals surface area (Å²) >= 11 is 0. The van der Waals surface area contributed by atoms with Crippen molar-refractivity contribution in [1.82, 2.24) is 5.32 Å². The predicted molar refractivity (Wildman–Crippen MR) is 76.4 cm³/mol. The van der Waals surface area contributed by atoms with Crippen molar-refractivity contribution in [3.63, 3.8) is 0 Å². The number of amides is 1. The Morgan fingerprint density at radius 1 is 1.40 bits per heavy atom. The van der Waals surface area contributed by atoms with Crippen molar-refractivity contribution < 1.29 is 14.3 Å². The smallest absolute Gasteiger partial charge is 0.261 e. The number of nitriles is 1. The maximum atomic E-state index is 11.8. The second-order valence-corrected chi connectivity index (χ2v) is 4.03. The van der Waals surface area contributed by atoms with Gasteiger partial charge >= 0.3 is 0 Å². The molecule has 1 aromatic rings. The second kappa shape index (κ2) is 7.85. The monoisotopic (exact) mass is 274 g/mol. The average Bonchev–Trinajstić information content (AvgIpc) is 2.50. The van der Waals surface area contributed by atoms with Crippen molar-refractivity contribution in [2.75, 3.05) is 20.8 Å². The molecule has 1 N–H and O–H groups in total. The van der Waals surface area contributed by atoms with Crippen molar-refractivity contribution in [3.05, 3.63) is 29.3 Å². The zero-order valence-electron chi connectivity index (χ0n) is 11.9. The van der Waals surface area contributed by atoms with Gasteiger partial charge in [-0.3, -0.25) is 4.79 Å². The molecule has 5 heteroatoms. The standard InChI is InChI=1S/C15H18N2O3/c1-4-7-17-15(18)12(10-16)8-11-5-6-13(19-2)9-14(11)20-3/h5-6,8-9H,4,7H2,1-3H3,(H,17,18)/b12-8-. The van der Waals surface area contributed by atoms with E-state index in [0.29, 0.717) is 23.6 Å². The van der Waals surface area contributed by atoms with E-state index in [2.05, 4.69) is 5.32 Å². The summed E-state index contributed by atoms with van der Waals surface area (Å²) in [7, 11) is 3.08. The Balaban J connectivity index is 3.07. The third-order valence-corrected chi connectivity index (χ3v) is 2.64. The zero-order chi connectivity index (χ0) is 15.0. The van der Waals surface area contributed by atoms with Gasteiger partial charge in [-0.25, -0.2) is 0 Å². The number of methoxy groups -OCH3 is 2. The van der Waals surface area contributed by atoms with E-state index in [1.54, 1.807) is 25.3 Å². The molecule has 0 aliphatic rings. The van der Waals surface area contributed by atoms with Crippen LogP contribution in [0.25, 0.3) is 6.08 Å². The van der Waals surface area contributed by atoms with Gasteiger partial charge in [-0.1, -0.05) is 6.92 Å². The van der Waals surface area contributed by atoms with Crippen LogP contribution in [-0.4, -0.2) is 26.7 Å². The highest BCUT2D eigenvalue weighted by atomic mass is 16.5. The summed E-state index contributed by atoms with van der Waals surface area (Å²) in [5.41, 5.74) is 0.693. The molecule has 0 aliphatic heterocycles. The maximum absolute atomic E-state index is 11.8. The van der Waals surface area contributed by atoms with E-state index in [0.717, 1.165) is 6.42 Å². The van der Waals surface area contributed by atoms with Gasteiger partial charge in [0.05, 0.1) is 14.2 Å². The lowest BCUT2D eigenvalue weighted by molar-refractivity contribution is -0.117. The second-order valence-electron chi connectivity index (χ2n) is 4.03. The summed E-state index contributed by atoms with van der Waals surface area (Å²) in [5, 5.41) is 11.7. The SMILES string of the molecule is CCCNC(=O)/C(C#N)=C\c1ccc(OC)cc1OC. The minimum absolute atomic E-state index is 0.0434. The van der Waals surface area contributed by atoms with Crippen molar-refractivity contribution in [2.45, 2.75) is 13.3 Å². The third-order valence-electron chi connectivity index (χ3n) is 2.64. The Hall–Kier alpha value is -2.48. The number of benzene rings is 1. The van der Waals surface area contributed by atoms with Crippen LogP contribution in [0.3, 0.4) is 0 Å². The van der Waals surface area contributed by atoms with E-state index < -0.39 is 0 Å². The van der Waals surface area contributed by atoms with Gasteiger partial charge < -0.3 is 14.8 Å². The molecule has 0 saturated heterocycles. The van der Waals surface area contributed by atoms with E-state index in [1.165, 1.54) is 13.2 Å². The van der Waals surface area contributed by atoms with Gasteiger partial charge in [0.15, 0.2) is 0 Å². The largest absolute Gasteiger partial charge is 0.497 e. The van der Waals surface area contributed by atoms with E-state index >= 15 is 0 Å². The van der Waals surface area contributed by atoms with Gasteiger partial charge in [0.1, 0.15) is 23.1 Å². The molecule has 0 bridgehead atoms. The molecule has 0 radical (unpaired) electrons. The first-order valence-corrected chi connectivity index (χ1v) is 6.28. The number of nitrogens with one attached hydrogen (secondary N) is 1. The van der Waals surface area contributed by atoms with Gasteiger partial charge in [0.25, 0.3) is 5.91 Å². The molecule has 0 spiro atoms. The lowest BCUT2D eigenvalue weighted by Crippen LogP contribution is -2.25. The van der Waals surface area contributed by atoms with Crippen LogP contribution in [0.5, 0.6) is 11.5 Å². The Bertz CT molecular complexity index is 545. The van der Waals surface area contributed by atoms with Crippen LogP contribution in [0.2, 0.25) is 0 Å². The number of rotatable bonds is 6. The summed E-state index contributed by atoms with van der Waals surface area (Å²) in [4.78, 5) is 11.8. The molecule has 0 fully saturated rings. The highest BCUT2D eigenvalue weighted by molar-refractivity contribution is 6.01. The molecular weight excluding hydrogens is 256 g/mol. The summed E-state index contributed by atoms with van der Waals surface area (Å²) in [6, 6.07) is 7.08. The molecule has 0 saturated carbocycles. The van der Waals surface area contributed by atoms with Gasteiger partial charge in [-0.15, -0.1) is 0 Å². The first kappa shape index (κ1) is 15.6. The Kier molecular flexibility index (Phi) is 6.11. The summed E-state index contributed by atoms with van der Waals surface area (Å²) in [5.74, 6) is 0.806. The van der Waals surface area contributed by atoms with Crippen molar-refractivity contribution >= 4 is 12.0 Å². The van der Waals surface area contributed by atoms with Crippen LogP contribution in [0.4, 0.5) is 0 Å². The van der Waals surface area contributed by atoms with E-state index in [9.17, 15) is 4.79 Å². The lowest BCUT2D eigenvalue weighted by Gasteiger charge is -2.08. The molecule has 0 heterocycles. The molecule has 0 aromatic heterocycles. The van der Waals surface area contributed by atoms with Crippen LogP contribution in [-0.2, 0) is 4.79 Å². The Morgan fingerprint density at radius 2 is 2.15 bits per heavy atom. The van der Waals surface area contributed by atoms with Crippen LogP contribution in [0.15, 0.2) is 23.8 Å². The molecule has 20 heavy (non-hydrogen) atoms. The molecule has 0 atom stereocenters. The van der Waals surface area contributed by atoms with E-state index in [1.807, 2.05) is 13.0 Å². The third kappa shape index (κ3) is 4.02. The number of nitrogens with zero attached hydrogens (tertiary/aromatic N) is 1. The van der Waals surface area contributed by atoms with Crippen LogP contribution >= 0.6 is 0 Å². The maximum Gasteiger partial charge on any atom is 0.261 e. The summed E-state index contributed by atoms with van der Waals surface area (Å²) < 4.78 is 10.3. The summed E-state index contributed by atoms with van der Waals surface area (Å²) in [6.45, 7) is 2.49. The van der Waals surface area contributed by atoms with E-state index in [-0.39, 0.29) is 11.5 Å². The molecule has 0 unspecified atom stereocenters. The minimum Gasteiger partial charge on any atom is -0.497 e. The van der Waals surface area contributed by atoms with Gasteiger partial charge in [-0.2, -0.15) is 5.26 Å². The van der Waals surface area contributed by atoms with Crippen LogP contribution in [0, 0.1) is 11.3 Å². The normalized spacial score (nSPS) is 10.6. The fourth-order valence-electron chi connectivity index (χ4n) is 1.58. The number of carbonyl (C=O) groups excluding carboxylic acids is 1. The Labute approximate surface area is 118 Å². The minimum atomic E-state index is -0.382. The van der Waals surface area contributed by atoms with E-state index in [4.69, 9.17) is 14.7 Å². The van der Waals surface area contributed by atoms with Gasteiger partial charge in [-0.05, 0) is 24.6 Å². The average molecular weight is 274 g/mol. The van der Waals surface area contributed by atoms with Crippen molar-refractivity contribution in [3.8, 4) is 17.6 Å². The first-order chi connectivity index (χ1) is 9.65. The topological polar surface area (TPSA) is 71.4 Å². The molecule has 0 aliphatic carbocycles. The lowest BCUT2D eigenvalue weighted by atomic mass is 10.1. The first-order valence-electron chi connectivity index (χ1n) is 6.28. The predicted octanol–water partition coefficient (Wildman–Crippen LogP) is 2.14.